The van der Waals surface area contributed by atoms with Crippen LogP contribution in [0.4, 0.5) is 0 Å². The number of unbranched alkanes of at least 4 members (excludes halogenated alkanes) is 31. The van der Waals surface area contributed by atoms with Gasteiger partial charge in [0.1, 0.15) is 73.2 Å². The first kappa shape index (κ1) is 71.8. The Morgan fingerprint density at radius 1 is 0.443 bits per heavy atom. The fourth-order valence-corrected chi connectivity index (χ4v) is 10.9. The predicted octanol–water partition coefficient (Wildman–Crippen LogP) is 6.16. The van der Waals surface area contributed by atoms with E-state index in [0.29, 0.717) is 6.42 Å². The fourth-order valence-electron chi connectivity index (χ4n) is 10.9. The Morgan fingerprint density at radius 3 is 1.19 bits per heavy atom. The average molecular weight is 1140 g/mol. The van der Waals surface area contributed by atoms with Crippen LogP contribution in [0, 0.1) is 0 Å². The van der Waals surface area contributed by atoms with Crippen LogP contribution in [0.25, 0.3) is 0 Å². The number of allylic oxidation sites excluding steroid dienone is 1. The number of nitrogens with one attached hydrogen (secondary N) is 1. The summed E-state index contributed by atoms with van der Waals surface area (Å²) in [6.07, 6.45) is 17.7. The molecule has 3 rings (SSSR count). The van der Waals surface area contributed by atoms with Crippen LogP contribution in [0.5, 0.6) is 0 Å². The largest absolute Gasteiger partial charge is 0.394 e. The van der Waals surface area contributed by atoms with Gasteiger partial charge in [-0.15, -0.1) is 0 Å². The molecule has 0 bridgehead atoms. The number of hydrogen-bond donors (Lipinski definition) is 12. The van der Waals surface area contributed by atoms with E-state index < -0.39 is 124 Å². The molecule has 0 aromatic rings. The first-order chi connectivity index (χ1) is 38.3. The van der Waals surface area contributed by atoms with Crippen molar-refractivity contribution in [3.8, 4) is 0 Å². The topological polar surface area (TPSA) is 307 Å². The summed E-state index contributed by atoms with van der Waals surface area (Å²) in [5.41, 5.74) is 0. The summed E-state index contributed by atoms with van der Waals surface area (Å²) in [4.78, 5) is 13.3. The molecule has 79 heavy (non-hydrogen) atoms. The molecule has 1 amide bonds. The van der Waals surface area contributed by atoms with Crippen LogP contribution in [-0.2, 0) is 33.2 Å². The van der Waals surface area contributed by atoms with Crippen molar-refractivity contribution in [1.82, 2.24) is 5.32 Å². The van der Waals surface area contributed by atoms with Gasteiger partial charge in [0.15, 0.2) is 18.9 Å². The number of rotatable bonds is 47. The summed E-state index contributed by atoms with van der Waals surface area (Å²) in [6.45, 7) is 1.74. The van der Waals surface area contributed by atoms with E-state index in [1.807, 2.05) is 6.08 Å². The van der Waals surface area contributed by atoms with E-state index in [9.17, 15) is 61.0 Å². The lowest BCUT2D eigenvalue weighted by Crippen LogP contribution is -2.66. The summed E-state index contributed by atoms with van der Waals surface area (Å²) in [6, 6.07) is -0.966. The zero-order valence-corrected chi connectivity index (χ0v) is 48.6. The van der Waals surface area contributed by atoms with Gasteiger partial charge in [0.05, 0.1) is 38.6 Å². The number of hydrogen-bond acceptors (Lipinski definition) is 18. The van der Waals surface area contributed by atoms with Crippen molar-refractivity contribution in [1.29, 1.82) is 0 Å². The molecule has 17 atom stereocenters. The summed E-state index contributed by atoms with van der Waals surface area (Å²) in [5.74, 6) is -0.272. The third-order valence-electron chi connectivity index (χ3n) is 16.1. The van der Waals surface area contributed by atoms with Crippen molar-refractivity contribution in [2.75, 3.05) is 26.4 Å². The van der Waals surface area contributed by atoms with Gasteiger partial charge < -0.3 is 89.9 Å². The minimum Gasteiger partial charge on any atom is -0.394 e. The van der Waals surface area contributed by atoms with Crippen molar-refractivity contribution in [3.63, 3.8) is 0 Å². The van der Waals surface area contributed by atoms with Gasteiger partial charge >= 0.3 is 0 Å². The molecule has 15 unspecified atom stereocenters. The van der Waals surface area contributed by atoms with Crippen molar-refractivity contribution in [2.24, 2.45) is 0 Å². The van der Waals surface area contributed by atoms with Crippen LogP contribution in [0.2, 0.25) is 0 Å². The molecule has 3 heterocycles. The van der Waals surface area contributed by atoms with Gasteiger partial charge in [-0.3, -0.25) is 4.79 Å². The smallest absolute Gasteiger partial charge is 0.220 e. The molecule has 0 aromatic carbocycles. The Morgan fingerprint density at radius 2 is 0.785 bits per heavy atom. The van der Waals surface area contributed by atoms with Crippen LogP contribution in [0.3, 0.4) is 0 Å². The molecule has 0 radical (unpaired) electrons. The maximum atomic E-state index is 13.3. The molecule has 3 aliphatic rings. The minimum absolute atomic E-state index is 0.249. The van der Waals surface area contributed by atoms with Gasteiger partial charge in [-0.1, -0.05) is 219 Å². The summed E-state index contributed by atoms with van der Waals surface area (Å²) in [7, 11) is 0. The summed E-state index contributed by atoms with van der Waals surface area (Å²) < 4.78 is 34.3. The Labute approximate surface area is 474 Å². The van der Waals surface area contributed by atoms with Crippen LogP contribution >= 0.6 is 0 Å². The fraction of sp³-hybridized carbons (Fsp3) is 0.950. The van der Waals surface area contributed by atoms with E-state index in [1.54, 1.807) is 6.08 Å². The number of ether oxygens (including phenoxy) is 6. The van der Waals surface area contributed by atoms with Gasteiger partial charge in [-0.25, -0.2) is 0 Å². The highest BCUT2D eigenvalue weighted by atomic mass is 16.8. The molecule has 466 valence electrons. The molecule has 0 spiro atoms. The molecule has 12 N–H and O–H groups in total. The molecular formula is C60H113NO18. The van der Waals surface area contributed by atoms with Crippen molar-refractivity contribution in [3.05, 3.63) is 12.2 Å². The van der Waals surface area contributed by atoms with Crippen LogP contribution in [-0.4, -0.2) is 193 Å². The van der Waals surface area contributed by atoms with Gasteiger partial charge in [0, 0.05) is 6.42 Å². The molecular weight excluding hydrogens is 1020 g/mol. The highest BCUT2D eigenvalue weighted by molar-refractivity contribution is 5.76. The van der Waals surface area contributed by atoms with E-state index in [1.165, 1.54) is 161 Å². The molecule has 19 heteroatoms. The van der Waals surface area contributed by atoms with Crippen LogP contribution in [0.1, 0.15) is 232 Å². The number of carbonyl (C=O) groups is 1. The first-order valence-corrected chi connectivity index (χ1v) is 31.4. The third kappa shape index (κ3) is 27.9. The first-order valence-electron chi connectivity index (χ1n) is 31.4. The maximum Gasteiger partial charge on any atom is 0.220 e. The lowest BCUT2D eigenvalue weighted by molar-refractivity contribution is -0.379. The monoisotopic (exact) mass is 1140 g/mol. The van der Waals surface area contributed by atoms with Gasteiger partial charge in [0.25, 0.3) is 0 Å². The SMILES string of the molecule is CCCCCCCCCCCCC/C=C/[C@@H](O)[C@H](COC1OC(CO)C(OC2OC(CO)C(OC3OC(CO)C(O)C(O)C3O)C(O)C2O)C(O)C1O)NC(=O)CCCCCCCCCCCCCCCCCCCCCCC. The standard InChI is InChI=1S/C60H113NO18/c1-3-5-7-9-11-13-15-17-18-19-20-21-22-23-24-26-28-30-32-34-36-38-48(66)61-43(44(65)37-35-33-31-29-27-25-16-14-12-10-8-6-4-2)42-74-58-54(72)51(69)56(46(40-63)76-58)79-60-55(73)52(70)57(47(41-64)77-60)78-59-53(71)50(68)49(67)45(39-62)75-59/h35,37,43-47,49-60,62-65,67-73H,3-34,36,38-42H2,1-2H3,(H,61,66)/b37-35+/t43-,44+,45?,46?,47?,49?,50?,51?,52?,53?,54?,55?,56?,57?,58?,59?,60?/m0/s1. The van der Waals surface area contributed by atoms with E-state index in [4.69, 9.17) is 28.4 Å². The molecule has 0 aliphatic carbocycles. The van der Waals surface area contributed by atoms with E-state index in [0.717, 1.165) is 44.9 Å². The van der Waals surface area contributed by atoms with E-state index in [2.05, 4.69) is 19.2 Å². The summed E-state index contributed by atoms with van der Waals surface area (Å²) >= 11 is 0. The zero-order chi connectivity index (χ0) is 57.6. The van der Waals surface area contributed by atoms with Crippen molar-refractivity contribution in [2.45, 2.75) is 336 Å². The lowest BCUT2D eigenvalue weighted by Gasteiger charge is -2.48. The van der Waals surface area contributed by atoms with Gasteiger partial charge in [-0.05, 0) is 19.3 Å². The highest BCUT2D eigenvalue weighted by Crippen LogP contribution is 2.33. The Bertz CT molecular complexity index is 1500. The van der Waals surface area contributed by atoms with Crippen molar-refractivity contribution >= 4 is 5.91 Å². The Hall–Kier alpha value is -1.47. The van der Waals surface area contributed by atoms with Crippen LogP contribution in [0.15, 0.2) is 12.2 Å². The predicted molar refractivity (Wildman–Crippen MR) is 300 cm³/mol. The van der Waals surface area contributed by atoms with Crippen LogP contribution < -0.4 is 5.32 Å². The number of aliphatic hydroxyl groups is 11. The summed E-state index contributed by atoms with van der Waals surface area (Å²) in [5, 5.41) is 120. The molecule has 0 saturated carbocycles. The Kier molecular flexibility index (Phi) is 40.1. The highest BCUT2D eigenvalue weighted by Gasteiger charge is 2.53. The normalized spacial score (nSPS) is 30.3. The van der Waals surface area contributed by atoms with Gasteiger partial charge in [-0.2, -0.15) is 0 Å². The quantitative estimate of drug-likeness (QED) is 0.0240. The molecule has 3 saturated heterocycles. The second-order valence-corrected chi connectivity index (χ2v) is 22.9. The molecule has 19 nitrogen and oxygen atoms in total. The van der Waals surface area contributed by atoms with E-state index in [-0.39, 0.29) is 18.9 Å². The van der Waals surface area contributed by atoms with E-state index >= 15 is 0 Å². The number of carbonyl (C=O) groups excluding carboxylic acids is 1. The average Bonchev–Trinajstić information content (AvgIpc) is 3.56. The molecule has 3 aliphatic heterocycles. The minimum atomic E-state index is -1.97. The Balaban J connectivity index is 1.47. The number of aliphatic hydroxyl groups excluding tert-OH is 11. The second kappa shape index (κ2) is 44.1. The lowest BCUT2D eigenvalue weighted by atomic mass is 9.96. The third-order valence-corrected chi connectivity index (χ3v) is 16.1. The van der Waals surface area contributed by atoms with Crippen molar-refractivity contribution < 1.29 is 89.4 Å². The molecule has 0 aromatic heterocycles. The maximum absolute atomic E-state index is 13.3. The molecule has 3 fully saturated rings. The number of amides is 1. The van der Waals surface area contributed by atoms with Gasteiger partial charge in [0.2, 0.25) is 5.91 Å². The zero-order valence-electron chi connectivity index (χ0n) is 48.6. The second-order valence-electron chi connectivity index (χ2n) is 22.9.